The summed E-state index contributed by atoms with van der Waals surface area (Å²) in [6, 6.07) is 0. The summed E-state index contributed by atoms with van der Waals surface area (Å²) in [7, 11) is 0. The quantitative estimate of drug-likeness (QED) is 0.214. The summed E-state index contributed by atoms with van der Waals surface area (Å²) in [6.45, 7) is 9.68. The number of nitrogens with zero attached hydrogens (tertiary/aromatic N) is 3. The Morgan fingerprint density at radius 3 is 2.80 bits per heavy atom. The van der Waals surface area contributed by atoms with Gasteiger partial charge in [-0.15, -0.1) is 35.3 Å². The number of thiazole rings is 1. The normalized spacial score (nSPS) is 20.8. The summed E-state index contributed by atoms with van der Waals surface area (Å²) >= 11 is 1.77. The molecule has 2 saturated heterocycles. The van der Waals surface area contributed by atoms with Crippen LogP contribution in [0.1, 0.15) is 62.6 Å². The molecule has 1 N–H and O–H groups in total. The lowest BCUT2D eigenvalue weighted by Gasteiger charge is -2.35. The molecule has 1 unspecified atom stereocenters. The van der Waals surface area contributed by atoms with Crippen LogP contribution in [0.25, 0.3) is 0 Å². The van der Waals surface area contributed by atoms with Gasteiger partial charge in [-0.25, -0.2) is 4.98 Å². The van der Waals surface area contributed by atoms with Crippen molar-refractivity contribution in [2.45, 2.75) is 77.4 Å². The number of piperidine rings is 1. The molecule has 2 fully saturated rings. The van der Waals surface area contributed by atoms with Crippen molar-refractivity contribution in [2.75, 3.05) is 39.4 Å². The van der Waals surface area contributed by atoms with Gasteiger partial charge in [-0.3, -0.25) is 4.99 Å². The van der Waals surface area contributed by atoms with E-state index in [0.717, 1.165) is 89.6 Å². The van der Waals surface area contributed by atoms with Gasteiger partial charge < -0.3 is 19.7 Å². The number of likely N-dealkylation sites (tertiary alicyclic amines) is 1. The smallest absolute Gasteiger partial charge is 0.193 e. The molecule has 0 aliphatic carbocycles. The van der Waals surface area contributed by atoms with Crippen LogP contribution in [0.15, 0.2) is 10.4 Å². The Balaban J connectivity index is 0.00000320. The number of aromatic nitrogens is 1. The third-order valence-corrected chi connectivity index (χ3v) is 6.62. The van der Waals surface area contributed by atoms with E-state index in [0.29, 0.717) is 12.2 Å². The van der Waals surface area contributed by atoms with Crippen molar-refractivity contribution in [3.8, 4) is 0 Å². The third kappa shape index (κ3) is 8.96. The van der Waals surface area contributed by atoms with Crippen LogP contribution in [-0.2, 0) is 15.9 Å². The molecule has 2 aliphatic rings. The Bertz CT molecular complexity index is 614. The Labute approximate surface area is 203 Å². The number of hydrogen-bond acceptors (Lipinski definition) is 5. The third-order valence-electron chi connectivity index (χ3n) is 5.60. The lowest BCUT2D eigenvalue weighted by atomic mass is 10.1. The average molecular weight is 551 g/mol. The highest BCUT2D eigenvalue weighted by atomic mass is 127. The minimum absolute atomic E-state index is 0. The van der Waals surface area contributed by atoms with Gasteiger partial charge in [0.25, 0.3) is 0 Å². The SMILES string of the molecule is CCNC(=NCCCCc1nc(C)cs1)N1CCC(OCC2CCCCO2)CC1.I. The molecule has 0 saturated carbocycles. The monoisotopic (exact) mass is 550 g/mol. The zero-order valence-corrected chi connectivity index (χ0v) is 21.8. The number of ether oxygens (including phenoxy) is 2. The Hall–Kier alpha value is -0.450. The van der Waals surface area contributed by atoms with Crippen LogP contribution in [0.5, 0.6) is 0 Å². The van der Waals surface area contributed by atoms with Gasteiger partial charge in [-0.1, -0.05) is 0 Å². The molecule has 1 aromatic rings. The van der Waals surface area contributed by atoms with Crippen LogP contribution >= 0.6 is 35.3 Å². The molecule has 3 heterocycles. The van der Waals surface area contributed by atoms with Gasteiger partial charge in [0.1, 0.15) is 0 Å². The molecule has 172 valence electrons. The molecule has 0 aromatic carbocycles. The van der Waals surface area contributed by atoms with Crippen molar-refractivity contribution >= 4 is 41.3 Å². The first kappa shape index (κ1) is 25.8. The van der Waals surface area contributed by atoms with Crippen molar-refractivity contribution in [2.24, 2.45) is 4.99 Å². The van der Waals surface area contributed by atoms with Crippen LogP contribution in [0.4, 0.5) is 0 Å². The number of aryl methyl sites for hydroxylation is 2. The number of rotatable bonds is 9. The Morgan fingerprint density at radius 2 is 2.13 bits per heavy atom. The fourth-order valence-electron chi connectivity index (χ4n) is 3.93. The zero-order valence-electron chi connectivity index (χ0n) is 18.6. The zero-order chi connectivity index (χ0) is 20.3. The second-order valence-corrected chi connectivity index (χ2v) is 9.03. The van der Waals surface area contributed by atoms with E-state index in [9.17, 15) is 0 Å². The van der Waals surface area contributed by atoms with Gasteiger partial charge in [0.05, 0.1) is 23.8 Å². The van der Waals surface area contributed by atoms with Gasteiger partial charge in [-0.05, 0) is 65.2 Å². The van der Waals surface area contributed by atoms with E-state index in [4.69, 9.17) is 14.5 Å². The van der Waals surface area contributed by atoms with E-state index in [1.165, 1.54) is 17.8 Å². The first-order chi connectivity index (χ1) is 14.2. The lowest BCUT2D eigenvalue weighted by Crippen LogP contribution is -2.47. The standard InChI is InChI=1S/C22H38N4O2S.HI/c1-3-23-22(24-12-6-4-9-21-25-18(2)17-29-21)26-13-10-19(11-14-26)28-16-20-8-5-7-15-27-20;/h17,19-20H,3-16H2,1-2H3,(H,23,24);1H. The minimum Gasteiger partial charge on any atom is -0.376 e. The van der Waals surface area contributed by atoms with Gasteiger partial charge in [0.2, 0.25) is 0 Å². The van der Waals surface area contributed by atoms with E-state index in [1.54, 1.807) is 11.3 Å². The molecular formula is C22H39IN4O2S. The number of nitrogens with one attached hydrogen (secondary N) is 1. The first-order valence-corrected chi connectivity index (χ1v) is 12.3. The van der Waals surface area contributed by atoms with E-state index in [-0.39, 0.29) is 24.0 Å². The van der Waals surface area contributed by atoms with E-state index < -0.39 is 0 Å². The molecular weight excluding hydrogens is 511 g/mol. The number of unbranched alkanes of at least 4 members (excludes halogenated alkanes) is 1. The fourth-order valence-corrected chi connectivity index (χ4v) is 4.75. The molecule has 1 atom stereocenters. The van der Waals surface area contributed by atoms with E-state index in [1.807, 2.05) is 0 Å². The van der Waals surface area contributed by atoms with Crippen LogP contribution in [0.2, 0.25) is 0 Å². The lowest BCUT2D eigenvalue weighted by molar-refractivity contribution is -0.0721. The van der Waals surface area contributed by atoms with Crippen LogP contribution < -0.4 is 5.32 Å². The van der Waals surface area contributed by atoms with Gasteiger partial charge in [0, 0.05) is 43.9 Å². The average Bonchev–Trinajstić information content (AvgIpc) is 3.17. The summed E-state index contributed by atoms with van der Waals surface area (Å²) in [6.07, 6.45) is 9.76. The fraction of sp³-hybridized carbons (Fsp3) is 0.818. The van der Waals surface area contributed by atoms with E-state index in [2.05, 4.69) is 34.4 Å². The molecule has 30 heavy (non-hydrogen) atoms. The Kier molecular flexibility index (Phi) is 12.5. The highest BCUT2D eigenvalue weighted by molar-refractivity contribution is 14.0. The molecule has 2 aliphatic heterocycles. The summed E-state index contributed by atoms with van der Waals surface area (Å²) < 4.78 is 11.9. The van der Waals surface area contributed by atoms with E-state index >= 15 is 0 Å². The molecule has 3 rings (SSSR count). The summed E-state index contributed by atoms with van der Waals surface area (Å²) in [5.74, 6) is 1.06. The predicted molar refractivity (Wildman–Crippen MR) is 135 cm³/mol. The number of halogens is 1. The first-order valence-electron chi connectivity index (χ1n) is 11.4. The van der Waals surface area contributed by atoms with Crippen molar-refractivity contribution in [1.29, 1.82) is 0 Å². The molecule has 0 spiro atoms. The summed E-state index contributed by atoms with van der Waals surface area (Å²) in [5.41, 5.74) is 1.14. The second-order valence-electron chi connectivity index (χ2n) is 8.08. The van der Waals surface area contributed by atoms with Crippen LogP contribution in [0, 0.1) is 6.92 Å². The molecule has 0 bridgehead atoms. The van der Waals surface area contributed by atoms with Crippen LogP contribution in [-0.4, -0.2) is 67.4 Å². The minimum atomic E-state index is 0. The topological polar surface area (TPSA) is 59.0 Å². The molecule has 8 heteroatoms. The second kappa shape index (κ2) is 14.6. The molecule has 6 nitrogen and oxygen atoms in total. The Morgan fingerprint density at radius 1 is 1.30 bits per heavy atom. The van der Waals surface area contributed by atoms with Gasteiger partial charge >= 0.3 is 0 Å². The van der Waals surface area contributed by atoms with Crippen molar-refractivity contribution in [3.05, 3.63) is 16.1 Å². The van der Waals surface area contributed by atoms with Crippen LogP contribution in [0.3, 0.4) is 0 Å². The van der Waals surface area contributed by atoms with Crippen molar-refractivity contribution in [1.82, 2.24) is 15.2 Å². The van der Waals surface area contributed by atoms with Crippen molar-refractivity contribution < 1.29 is 9.47 Å². The number of hydrogen-bond donors (Lipinski definition) is 1. The van der Waals surface area contributed by atoms with Gasteiger partial charge in [-0.2, -0.15) is 0 Å². The summed E-state index contributed by atoms with van der Waals surface area (Å²) in [4.78, 5) is 11.8. The van der Waals surface area contributed by atoms with Crippen molar-refractivity contribution in [3.63, 3.8) is 0 Å². The highest BCUT2D eigenvalue weighted by Gasteiger charge is 2.23. The number of aliphatic imine (C=N–C) groups is 1. The maximum absolute atomic E-state index is 6.15. The number of guanidine groups is 1. The molecule has 1 aromatic heterocycles. The maximum Gasteiger partial charge on any atom is 0.193 e. The largest absolute Gasteiger partial charge is 0.376 e. The molecule has 0 amide bonds. The predicted octanol–water partition coefficient (Wildman–Crippen LogP) is 4.41. The summed E-state index contributed by atoms with van der Waals surface area (Å²) in [5, 5.41) is 6.85. The maximum atomic E-state index is 6.15. The molecule has 0 radical (unpaired) electrons. The highest BCUT2D eigenvalue weighted by Crippen LogP contribution is 2.18. The van der Waals surface area contributed by atoms with Gasteiger partial charge in [0.15, 0.2) is 5.96 Å².